The van der Waals surface area contributed by atoms with Gasteiger partial charge >= 0.3 is 0 Å². The molecule has 0 saturated heterocycles. The topological polar surface area (TPSA) is 73.0 Å². The number of hydrazone groups is 1. The molecule has 1 aliphatic rings. The van der Waals surface area contributed by atoms with E-state index in [9.17, 15) is 10.2 Å². The van der Waals surface area contributed by atoms with Crippen LogP contribution in [0.1, 0.15) is 30.9 Å². The maximum atomic E-state index is 10.4. The first-order chi connectivity index (χ1) is 12.5. The van der Waals surface area contributed by atoms with Gasteiger partial charge in [0.2, 0.25) is 0 Å². The van der Waals surface area contributed by atoms with Gasteiger partial charge in [0.15, 0.2) is 5.84 Å². The Balaban J connectivity index is 1.78. The molecule has 1 aromatic heterocycles. The smallest absolute Gasteiger partial charge is 0.165 e. The average molecular weight is 350 g/mol. The molecule has 4 rings (SSSR count). The first-order valence-corrected chi connectivity index (χ1v) is 8.65. The van der Waals surface area contributed by atoms with E-state index in [0.717, 1.165) is 22.2 Å². The highest BCUT2D eigenvalue weighted by Gasteiger charge is 2.25. The van der Waals surface area contributed by atoms with Gasteiger partial charge in [-0.15, -0.1) is 0 Å². The lowest BCUT2D eigenvalue weighted by atomic mass is 9.98. The minimum Gasteiger partial charge on any atom is -0.508 e. The van der Waals surface area contributed by atoms with Crippen LogP contribution in [-0.2, 0) is 7.05 Å². The Kier molecular flexibility index (Phi) is 3.76. The molecule has 6 nitrogen and oxygen atoms in total. The largest absolute Gasteiger partial charge is 0.508 e. The predicted octanol–water partition coefficient (Wildman–Crippen LogP) is 3.44. The van der Waals surface area contributed by atoms with Crippen LogP contribution in [0.5, 0.6) is 11.5 Å². The van der Waals surface area contributed by atoms with Crippen molar-refractivity contribution in [2.75, 3.05) is 11.6 Å². The Bertz CT molecular complexity index is 1020. The number of aromatic nitrogens is 1. The molecule has 0 bridgehead atoms. The van der Waals surface area contributed by atoms with Crippen molar-refractivity contribution in [1.82, 2.24) is 9.99 Å². The first-order valence-electron chi connectivity index (χ1n) is 8.65. The van der Waals surface area contributed by atoms with Gasteiger partial charge in [0.05, 0.1) is 5.56 Å². The van der Waals surface area contributed by atoms with Crippen LogP contribution in [0.3, 0.4) is 0 Å². The van der Waals surface area contributed by atoms with Gasteiger partial charge in [0.25, 0.3) is 0 Å². The Morgan fingerprint density at radius 3 is 2.65 bits per heavy atom. The van der Waals surface area contributed by atoms with Crippen molar-refractivity contribution >= 4 is 22.4 Å². The van der Waals surface area contributed by atoms with E-state index in [1.807, 2.05) is 44.1 Å². The normalized spacial score (nSPS) is 14.2. The van der Waals surface area contributed by atoms with Crippen LogP contribution >= 0.6 is 0 Å². The molecule has 0 radical (unpaired) electrons. The monoisotopic (exact) mass is 350 g/mol. The van der Waals surface area contributed by atoms with Crippen molar-refractivity contribution in [3.05, 3.63) is 53.7 Å². The molecule has 0 aliphatic carbocycles. The van der Waals surface area contributed by atoms with Crippen molar-refractivity contribution in [2.24, 2.45) is 12.1 Å². The van der Waals surface area contributed by atoms with Crippen molar-refractivity contribution < 1.29 is 10.2 Å². The summed E-state index contributed by atoms with van der Waals surface area (Å²) in [6.07, 6.45) is 2.03. The van der Waals surface area contributed by atoms with E-state index < -0.39 is 0 Å². The number of anilines is 1. The molecule has 6 heteroatoms. The molecular weight excluding hydrogens is 328 g/mol. The summed E-state index contributed by atoms with van der Waals surface area (Å²) in [7, 11) is 2.02. The average Bonchev–Trinajstić information content (AvgIpc) is 3.21. The minimum atomic E-state index is 0.0140. The van der Waals surface area contributed by atoms with Crippen molar-refractivity contribution in [3.63, 3.8) is 0 Å². The van der Waals surface area contributed by atoms with Gasteiger partial charge in [-0.2, -0.15) is 5.10 Å². The fourth-order valence-electron chi connectivity index (χ4n) is 3.41. The summed E-state index contributed by atoms with van der Waals surface area (Å²) < 4.78 is 2.08. The molecule has 2 heterocycles. The number of nitrogens with one attached hydrogen (secondary N) is 1. The highest BCUT2D eigenvalue weighted by atomic mass is 16.3. The second kappa shape index (κ2) is 5.98. The van der Waals surface area contributed by atoms with Crippen LogP contribution in [0.2, 0.25) is 0 Å². The number of hydrogen-bond donors (Lipinski definition) is 3. The lowest BCUT2D eigenvalue weighted by Gasteiger charge is -2.21. The minimum absolute atomic E-state index is 0.0140. The number of amidine groups is 1. The van der Waals surface area contributed by atoms with Crippen LogP contribution in [0.4, 0.5) is 5.69 Å². The van der Waals surface area contributed by atoms with Gasteiger partial charge in [0.1, 0.15) is 18.2 Å². The molecule has 0 fully saturated rings. The zero-order chi connectivity index (χ0) is 18.4. The van der Waals surface area contributed by atoms with Crippen LogP contribution in [-0.4, -0.2) is 27.3 Å². The fraction of sp³-hybridized carbons (Fsp3) is 0.250. The first kappa shape index (κ1) is 16.3. The van der Waals surface area contributed by atoms with Crippen molar-refractivity contribution in [2.45, 2.75) is 19.8 Å². The number of benzene rings is 2. The fourth-order valence-corrected chi connectivity index (χ4v) is 3.41. The summed E-state index contributed by atoms with van der Waals surface area (Å²) in [5.41, 5.74) is 6.54. The summed E-state index contributed by atoms with van der Waals surface area (Å²) in [5.74, 6) is 0.892. The SMILES string of the molecule is CC(C)c1cc(C2=NNCN2c2ccc3c(ccn3C)c2)c(O)cc1O. The third-order valence-electron chi connectivity index (χ3n) is 4.86. The van der Waals surface area contributed by atoms with Gasteiger partial charge in [0, 0.05) is 35.9 Å². The Hall–Kier alpha value is -3.15. The molecule has 2 aromatic carbocycles. The summed E-state index contributed by atoms with van der Waals surface area (Å²) in [6, 6.07) is 11.5. The number of phenols is 2. The van der Waals surface area contributed by atoms with E-state index in [0.29, 0.717) is 18.1 Å². The van der Waals surface area contributed by atoms with Gasteiger partial charge in [-0.25, -0.2) is 0 Å². The number of nitrogens with zero attached hydrogens (tertiary/aromatic N) is 3. The number of aromatic hydroxyl groups is 2. The van der Waals surface area contributed by atoms with Crippen LogP contribution in [0.25, 0.3) is 10.9 Å². The number of fused-ring (bicyclic) bond motifs is 1. The quantitative estimate of drug-likeness (QED) is 0.676. The molecule has 0 saturated carbocycles. The van der Waals surface area contributed by atoms with Crippen molar-refractivity contribution in [1.29, 1.82) is 0 Å². The van der Waals surface area contributed by atoms with Crippen LogP contribution < -0.4 is 10.3 Å². The van der Waals surface area contributed by atoms with Gasteiger partial charge in [-0.1, -0.05) is 13.8 Å². The lowest BCUT2D eigenvalue weighted by molar-refractivity contribution is 0.443. The number of aryl methyl sites for hydroxylation is 1. The maximum Gasteiger partial charge on any atom is 0.165 e. The van der Waals surface area contributed by atoms with E-state index in [2.05, 4.69) is 33.3 Å². The van der Waals surface area contributed by atoms with Gasteiger partial charge in [-0.05, 0) is 41.8 Å². The standard InChI is InChI=1S/C20H22N4O2/c1-12(2)15-9-16(19(26)10-18(15)25)20-22-21-11-24(20)14-4-5-17-13(8-14)6-7-23(17)3/h4-10,12,21,25-26H,11H2,1-3H3. The highest BCUT2D eigenvalue weighted by Crippen LogP contribution is 2.34. The Labute approximate surface area is 152 Å². The summed E-state index contributed by atoms with van der Waals surface area (Å²) >= 11 is 0. The second-order valence-electron chi connectivity index (χ2n) is 6.93. The molecule has 0 spiro atoms. The predicted molar refractivity (Wildman–Crippen MR) is 104 cm³/mol. The van der Waals surface area contributed by atoms with E-state index in [-0.39, 0.29) is 17.4 Å². The third kappa shape index (κ3) is 2.54. The molecule has 134 valence electrons. The van der Waals surface area contributed by atoms with E-state index in [4.69, 9.17) is 0 Å². The molecule has 3 N–H and O–H groups in total. The molecule has 0 unspecified atom stereocenters. The maximum absolute atomic E-state index is 10.4. The molecular formula is C20H22N4O2. The van der Waals surface area contributed by atoms with Crippen LogP contribution in [0.15, 0.2) is 47.7 Å². The van der Waals surface area contributed by atoms with E-state index in [1.165, 1.54) is 6.07 Å². The van der Waals surface area contributed by atoms with Gasteiger partial charge < -0.3 is 19.7 Å². The number of hydrogen-bond acceptors (Lipinski definition) is 5. The molecule has 26 heavy (non-hydrogen) atoms. The number of rotatable bonds is 3. The highest BCUT2D eigenvalue weighted by molar-refractivity contribution is 6.13. The summed E-state index contributed by atoms with van der Waals surface area (Å²) in [4.78, 5) is 2.02. The molecule has 1 aliphatic heterocycles. The van der Waals surface area contributed by atoms with Crippen LogP contribution in [0, 0.1) is 0 Å². The Morgan fingerprint density at radius 2 is 1.88 bits per heavy atom. The van der Waals surface area contributed by atoms with E-state index >= 15 is 0 Å². The molecule has 0 atom stereocenters. The zero-order valence-electron chi connectivity index (χ0n) is 15.1. The lowest BCUT2D eigenvalue weighted by Crippen LogP contribution is -2.30. The second-order valence-corrected chi connectivity index (χ2v) is 6.93. The zero-order valence-corrected chi connectivity index (χ0v) is 15.1. The molecule has 0 amide bonds. The third-order valence-corrected chi connectivity index (χ3v) is 4.86. The van der Waals surface area contributed by atoms with Gasteiger partial charge in [-0.3, -0.25) is 5.43 Å². The Morgan fingerprint density at radius 1 is 1.08 bits per heavy atom. The summed E-state index contributed by atoms with van der Waals surface area (Å²) in [6.45, 7) is 4.53. The number of phenolic OH excluding ortho intramolecular Hbond substituents is 2. The van der Waals surface area contributed by atoms with Crippen molar-refractivity contribution in [3.8, 4) is 11.5 Å². The summed E-state index contributed by atoms with van der Waals surface area (Å²) in [5, 5.41) is 26.0. The van der Waals surface area contributed by atoms with E-state index in [1.54, 1.807) is 0 Å². The molecule has 3 aromatic rings.